The summed E-state index contributed by atoms with van der Waals surface area (Å²) in [6.45, 7) is -0.848. The molecule has 1 amide bonds. The van der Waals surface area contributed by atoms with Gasteiger partial charge in [0.25, 0.3) is 5.91 Å². The molecule has 31 heavy (non-hydrogen) atoms. The molecule has 6 nitrogen and oxygen atoms in total. The second-order valence-corrected chi connectivity index (χ2v) is 8.74. The van der Waals surface area contributed by atoms with Gasteiger partial charge >= 0.3 is 6.18 Å². The summed E-state index contributed by atoms with van der Waals surface area (Å²) in [7, 11) is -5.06. The van der Waals surface area contributed by atoms with Crippen LogP contribution in [0.15, 0.2) is 24.4 Å². The molecule has 0 saturated heterocycles. The van der Waals surface area contributed by atoms with Crippen LogP contribution in [0, 0.1) is 17.5 Å². The van der Waals surface area contributed by atoms with E-state index in [0.717, 1.165) is 6.20 Å². The molecule has 0 aliphatic carbocycles. The first-order valence-corrected chi connectivity index (χ1v) is 10.3. The molecule has 0 radical (unpaired) electrons. The van der Waals surface area contributed by atoms with Crippen molar-refractivity contribution in [1.29, 1.82) is 0 Å². The molecule has 0 aliphatic rings. The summed E-state index contributed by atoms with van der Waals surface area (Å²) in [5.74, 6) is -7.82. The molecule has 2 N–H and O–H groups in total. The van der Waals surface area contributed by atoms with E-state index in [9.17, 15) is 39.6 Å². The Kier molecular flexibility index (Phi) is 7.55. The number of aromatic nitrogens is 1. The van der Waals surface area contributed by atoms with Crippen LogP contribution in [0.2, 0.25) is 5.02 Å². The van der Waals surface area contributed by atoms with Crippen LogP contribution < -0.4 is 5.32 Å². The minimum absolute atomic E-state index is 0.363. The quantitative estimate of drug-likeness (QED) is 0.353. The second-order valence-electron chi connectivity index (χ2n) is 6.12. The van der Waals surface area contributed by atoms with E-state index < -0.39 is 85.4 Å². The van der Waals surface area contributed by atoms with Crippen molar-refractivity contribution in [2.45, 2.75) is 17.8 Å². The van der Waals surface area contributed by atoms with Gasteiger partial charge in [0.1, 0.15) is 23.5 Å². The number of pyridine rings is 1. The summed E-state index contributed by atoms with van der Waals surface area (Å²) in [4.78, 5) is 15.5. The average molecular weight is 491 g/mol. The van der Waals surface area contributed by atoms with Gasteiger partial charge in [-0.1, -0.05) is 11.6 Å². The summed E-state index contributed by atoms with van der Waals surface area (Å²) in [5.41, 5.74) is -2.67. The summed E-state index contributed by atoms with van der Waals surface area (Å²) in [6.07, 6.45) is -6.06. The van der Waals surface area contributed by atoms with Gasteiger partial charge in [-0.05, 0) is 23.8 Å². The summed E-state index contributed by atoms with van der Waals surface area (Å²) >= 11 is 5.89. The van der Waals surface area contributed by atoms with Crippen LogP contribution >= 0.6 is 11.6 Å². The highest BCUT2D eigenvalue weighted by atomic mass is 35.5. The summed E-state index contributed by atoms with van der Waals surface area (Å²) in [6, 6.07) is 1.43. The number of alkyl halides is 3. The van der Waals surface area contributed by atoms with E-state index >= 15 is 0 Å². The predicted molar refractivity (Wildman–Crippen MR) is 96.4 cm³/mol. The second kappa shape index (κ2) is 9.40. The van der Waals surface area contributed by atoms with Crippen LogP contribution in [0.5, 0.6) is 0 Å². The molecule has 1 aromatic carbocycles. The van der Waals surface area contributed by atoms with Gasteiger partial charge in [-0.15, -0.1) is 0 Å². The Morgan fingerprint density at radius 1 is 1.19 bits per heavy atom. The maximum atomic E-state index is 14.4. The molecule has 14 heteroatoms. The van der Waals surface area contributed by atoms with E-state index in [0.29, 0.717) is 18.2 Å². The summed E-state index contributed by atoms with van der Waals surface area (Å²) in [5, 5.41) is 7.57. The van der Waals surface area contributed by atoms with Gasteiger partial charge in [-0.3, -0.25) is 4.79 Å². The number of benzene rings is 1. The first kappa shape index (κ1) is 24.9. The molecule has 0 fully saturated rings. The van der Waals surface area contributed by atoms with E-state index in [1.807, 2.05) is 5.32 Å². The van der Waals surface area contributed by atoms with E-state index in [1.54, 1.807) is 0 Å². The van der Waals surface area contributed by atoms with Gasteiger partial charge in [0.15, 0.2) is 21.5 Å². The molecule has 1 unspecified atom stereocenters. The zero-order chi connectivity index (χ0) is 23.6. The normalized spacial score (nSPS) is 13.2. The molecule has 1 heterocycles. The zero-order valence-electron chi connectivity index (χ0n) is 15.2. The number of aliphatic hydroxyl groups excluding tert-OH is 1. The average Bonchev–Trinajstić information content (AvgIpc) is 2.67. The smallest absolute Gasteiger partial charge is 0.376 e. The Balaban J connectivity index is 2.77. The fraction of sp³-hybridized carbons (Fsp3) is 0.294. The lowest BCUT2D eigenvalue weighted by atomic mass is 10.0. The zero-order valence-corrected chi connectivity index (χ0v) is 16.8. The van der Waals surface area contributed by atoms with Crippen LogP contribution in [0.4, 0.5) is 26.3 Å². The Morgan fingerprint density at radius 2 is 1.81 bits per heavy atom. The van der Waals surface area contributed by atoms with E-state index in [2.05, 4.69) is 4.98 Å². The Hall–Kier alpha value is -2.38. The van der Waals surface area contributed by atoms with Crippen LogP contribution in [-0.4, -0.2) is 43.1 Å². The maximum absolute atomic E-state index is 14.4. The minimum Gasteiger partial charge on any atom is -0.376 e. The molecule has 0 spiro atoms. The molecule has 2 aromatic rings. The number of hydrogen-bond donors (Lipinski definition) is 2. The van der Waals surface area contributed by atoms with Gasteiger partial charge in [0.05, 0.1) is 17.2 Å². The largest absolute Gasteiger partial charge is 0.390 e. The van der Waals surface area contributed by atoms with Gasteiger partial charge in [0, 0.05) is 11.8 Å². The van der Waals surface area contributed by atoms with Crippen LogP contribution in [0.1, 0.15) is 33.3 Å². The molecule has 0 saturated carbocycles. The van der Waals surface area contributed by atoms with Gasteiger partial charge < -0.3 is 10.4 Å². The fourth-order valence-electron chi connectivity index (χ4n) is 2.63. The summed E-state index contributed by atoms with van der Waals surface area (Å²) < 4.78 is 106. The number of amides is 1. The number of nitrogens with zero attached hydrogens (tertiary/aromatic N) is 1. The van der Waals surface area contributed by atoms with Crippen LogP contribution in [0.3, 0.4) is 0 Å². The third kappa shape index (κ3) is 5.86. The van der Waals surface area contributed by atoms with Crippen molar-refractivity contribution in [1.82, 2.24) is 10.3 Å². The highest BCUT2D eigenvalue weighted by Crippen LogP contribution is 2.39. The van der Waals surface area contributed by atoms with Crippen molar-refractivity contribution < 1.29 is 44.7 Å². The topological polar surface area (TPSA) is 96.4 Å². The number of sulfone groups is 1. The first-order chi connectivity index (χ1) is 14.3. The molecule has 1 atom stereocenters. The van der Waals surface area contributed by atoms with Gasteiger partial charge in [0.2, 0.25) is 0 Å². The maximum Gasteiger partial charge on any atom is 0.390 e. The molecular formula is C17H13ClF6N2O4S. The van der Waals surface area contributed by atoms with E-state index in [-0.39, 0.29) is 0 Å². The molecular weight excluding hydrogens is 478 g/mol. The number of aliphatic hydroxyl groups is 1. The number of rotatable bonds is 7. The van der Waals surface area contributed by atoms with Crippen molar-refractivity contribution in [2.24, 2.45) is 0 Å². The van der Waals surface area contributed by atoms with Crippen molar-refractivity contribution in [3.8, 4) is 0 Å². The van der Waals surface area contributed by atoms with E-state index in [1.165, 1.54) is 0 Å². The first-order valence-electron chi connectivity index (χ1n) is 8.24. The fourth-order valence-corrected chi connectivity index (χ4v) is 4.82. The highest BCUT2D eigenvalue weighted by molar-refractivity contribution is 7.91. The lowest BCUT2D eigenvalue weighted by molar-refractivity contribution is -0.129. The third-order valence-electron chi connectivity index (χ3n) is 4.01. The Labute approximate surface area is 176 Å². The van der Waals surface area contributed by atoms with Crippen molar-refractivity contribution >= 4 is 27.3 Å². The Morgan fingerprint density at radius 3 is 2.39 bits per heavy atom. The number of carbonyl (C=O) groups excluding carboxylic acids is 1. The minimum atomic E-state index is -5.06. The van der Waals surface area contributed by atoms with E-state index in [4.69, 9.17) is 16.7 Å². The van der Waals surface area contributed by atoms with Gasteiger partial charge in [-0.2, -0.15) is 13.2 Å². The van der Waals surface area contributed by atoms with Gasteiger partial charge in [-0.25, -0.2) is 26.6 Å². The van der Waals surface area contributed by atoms with Crippen molar-refractivity contribution in [3.63, 3.8) is 0 Å². The van der Waals surface area contributed by atoms with Crippen LogP contribution in [-0.2, 0) is 9.84 Å². The molecule has 170 valence electrons. The number of halogens is 7. The Bertz CT molecular complexity index is 1090. The van der Waals surface area contributed by atoms with Crippen LogP contribution in [0.25, 0.3) is 0 Å². The monoisotopic (exact) mass is 490 g/mol. The van der Waals surface area contributed by atoms with Crippen molar-refractivity contribution in [2.75, 3.05) is 12.5 Å². The third-order valence-corrected chi connectivity index (χ3v) is 6.31. The lowest BCUT2D eigenvalue weighted by Crippen LogP contribution is -2.27. The molecule has 2 rings (SSSR count). The standard InChI is InChI=1S/C17H13ClF6N2O4S/c18-9-6-25-12(16(28)26-7-27)5-8(9)15(31(29,30)4-3-17(22,23)24)13-10(19)1-2-11(20)14(13)21/h1-2,5-6,15,27H,3-4,7H2,(H,26,28). The molecule has 0 bridgehead atoms. The SMILES string of the molecule is O=C(NCO)c1cc(C(c2c(F)ccc(F)c2F)S(=O)(=O)CCC(F)(F)F)c(Cl)cn1. The number of carbonyl (C=O) groups is 1. The molecule has 1 aromatic heterocycles. The number of hydrogen-bond acceptors (Lipinski definition) is 5. The highest BCUT2D eigenvalue weighted by Gasteiger charge is 2.39. The predicted octanol–water partition coefficient (Wildman–Crippen LogP) is 3.29. The van der Waals surface area contributed by atoms with Crippen molar-refractivity contribution in [3.05, 3.63) is 63.7 Å². The molecule has 0 aliphatic heterocycles. The lowest BCUT2D eigenvalue weighted by Gasteiger charge is -2.22. The number of nitrogens with one attached hydrogen (secondary N) is 1.